The van der Waals surface area contributed by atoms with Gasteiger partial charge in [-0.1, -0.05) is 25.8 Å². The monoisotopic (exact) mass is 205 g/mol. The third kappa shape index (κ3) is 2.20. The van der Waals surface area contributed by atoms with E-state index in [-0.39, 0.29) is 6.10 Å². The molecule has 1 saturated carbocycles. The van der Waals surface area contributed by atoms with Crippen molar-refractivity contribution in [2.45, 2.75) is 39.2 Å². The average Bonchev–Trinajstić information content (AvgIpc) is 2.65. The largest absolute Gasteiger partial charge is 0.388 e. The van der Waals surface area contributed by atoms with Gasteiger partial charge in [-0.3, -0.25) is 4.98 Å². The smallest absolute Gasteiger partial charge is 0.0835 e. The maximum Gasteiger partial charge on any atom is 0.0835 e. The van der Waals surface area contributed by atoms with E-state index >= 15 is 0 Å². The van der Waals surface area contributed by atoms with Crippen molar-refractivity contribution in [3.63, 3.8) is 0 Å². The van der Waals surface area contributed by atoms with Crippen LogP contribution in [0.3, 0.4) is 0 Å². The summed E-state index contributed by atoms with van der Waals surface area (Å²) in [5, 5.41) is 10.2. The highest BCUT2D eigenvalue weighted by Crippen LogP contribution is 2.39. The van der Waals surface area contributed by atoms with Crippen LogP contribution in [0.4, 0.5) is 0 Å². The Morgan fingerprint density at radius 2 is 2.20 bits per heavy atom. The van der Waals surface area contributed by atoms with Crippen LogP contribution < -0.4 is 0 Å². The lowest BCUT2D eigenvalue weighted by atomic mass is 9.89. The maximum atomic E-state index is 10.2. The first-order chi connectivity index (χ1) is 7.18. The van der Waals surface area contributed by atoms with E-state index in [4.69, 9.17) is 0 Å². The van der Waals surface area contributed by atoms with E-state index in [0.717, 1.165) is 17.7 Å². The first-order valence-corrected chi connectivity index (χ1v) is 5.79. The van der Waals surface area contributed by atoms with Crippen LogP contribution in [0.15, 0.2) is 18.3 Å². The molecule has 0 radical (unpaired) electrons. The van der Waals surface area contributed by atoms with E-state index in [9.17, 15) is 5.11 Å². The van der Waals surface area contributed by atoms with Gasteiger partial charge in [0.25, 0.3) is 0 Å². The number of hydrogen-bond donors (Lipinski definition) is 1. The van der Waals surface area contributed by atoms with Gasteiger partial charge in [0.2, 0.25) is 0 Å². The van der Waals surface area contributed by atoms with Crippen LogP contribution in [-0.2, 0) is 0 Å². The third-order valence-corrected chi connectivity index (χ3v) is 3.61. The molecular weight excluding hydrogens is 186 g/mol. The molecule has 1 aromatic rings. The molecule has 1 heterocycles. The number of nitrogens with zero attached hydrogens (tertiary/aromatic N) is 1. The SMILES string of the molecule is Cc1ccc(C(O)C2CCCC2C)cn1. The first kappa shape index (κ1) is 10.6. The molecule has 2 nitrogen and oxygen atoms in total. The minimum atomic E-state index is -0.324. The first-order valence-electron chi connectivity index (χ1n) is 5.79. The second-order valence-electron chi connectivity index (χ2n) is 4.75. The molecule has 1 aliphatic carbocycles. The summed E-state index contributed by atoms with van der Waals surface area (Å²) >= 11 is 0. The van der Waals surface area contributed by atoms with Gasteiger partial charge in [0, 0.05) is 11.9 Å². The molecule has 2 rings (SSSR count). The van der Waals surface area contributed by atoms with Crippen molar-refractivity contribution in [2.75, 3.05) is 0 Å². The fraction of sp³-hybridized carbons (Fsp3) is 0.615. The molecule has 0 amide bonds. The van der Waals surface area contributed by atoms with Gasteiger partial charge >= 0.3 is 0 Å². The second kappa shape index (κ2) is 4.31. The number of hydrogen-bond acceptors (Lipinski definition) is 2. The summed E-state index contributed by atoms with van der Waals surface area (Å²) in [6, 6.07) is 3.97. The number of aromatic nitrogens is 1. The van der Waals surface area contributed by atoms with Crippen LogP contribution in [0.25, 0.3) is 0 Å². The molecule has 15 heavy (non-hydrogen) atoms. The standard InChI is InChI=1S/C13H19NO/c1-9-4-3-5-12(9)13(15)11-7-6-10(2)14-8-11/h6-9,12-13,15H,3-5H2,1-2H3. The van der Waals surface area contributed by atoms with Gasteiger partial charge in [0.15, 0.2) is 0 Å². The average molecular weight is 205 g/mol. The van der Waals surface area contributed by atoms with E-state index in [1.165, 1.54) is 12.8 Å². The van der Waals surface area contributed by atoms with Gasteiger partial charge < -0.3 is 5.11 Å². The van der Waals surface area contributed by atoms with Crippen molar-refractivity contribution in [3.05, 3.63) is 29.6 Å². The van der Waals surface area contributed by atoms with Gasteiger partial charge in [-0.2, -0.15) is 0 Å². The fourth-order valence-electron chi connectivity index (χ4n) is 2.54. The van der Waals surface area contributed by atoms with Crippen molar-refractivity contribution < 1.29 is 5.11 Å². The molecule has 1 aliphatic rings. The van der Waals surface area contributed by atoms with Crippen molar-refractivity contribution in [3.8, 4) is 0 Å². The van der Waals surface area contributed by atoms with Gasteiger partial charge in [-0.25, -0.2) is 0 Å². The van der Waals surface area contributed by atoms with Crippen LogP contribution >= 0.6 is 0 Å². The Balaban J connectivity index is 2.13. The van der Waals surface area contributed by atoms with Crippen LogP contribution in [-0.4, -0.2) is 10.1 Å². The van der Waals surface area contributed by atoms with Crippen molar-refractivity contribution in [1.82, 2.24) is 4.98 Å². The lowest BCUT2D eigenvalue weighted by molar-refractivity contribution is 0.0897. The van der Waals surface area contributed by atoms with Crippen molar-refractivity contribution in [1.29, 1.82) is 0 Å². The molecule has 0 bridgehead atoms. The Morgan fingerprint density at radius 3 is 2.73 bits per heavy atom. The molecule has 1 fully saturated rings. The molecule has 0 aromatic carbocycles. The van der Waals surface area contributed by atoms with E-state index < -0.39 is 0 Å². The highest BCUT2D eigenvalue weighted by Gasteiger charge is 2.30. The topological polar surface area (TPSA) is 33.1 Å². The van der Waals surface area contributed by atoms with Crippen LogP contribution in [0.1, 0.15) is 43.5 Å². The van der Waals surface area contributed by atoms with E-state index in [1.807, 2.05) is 25.3 Å². The lowest BCUT2D eigenvalue weighted by Gasteiger charge is -2.22. The van der Waals surface area contributed by atoms with Gasteiger partial charge in [-0.15, -0.1) is 0 Å². The van der Waals surface area contributed by atoms with Crippen LogP contribution in [0.5, 0.6) is 0 Å². The quantitative estimate of drug-likeness (QED) is 0.805. The molecule has 3 atom stereocenters. The number of rotatable bonds is 2. The molecule has 0 spiro atoms. The summed E-state index contributed by atoms with van der Waals surface area (Å²) in [4.78, 5) is 4.24. The van der Waals surface area contributed by atoms with Crippen LogP contribution in [0.2, 0.25) is 0 Å². The Kier molecular flexibility index (Phi) is 3.06. The molecule has 1 N–H and O–H groups in total. The lowest BCUT2D eigenvalue weighted by Crippen LogP contribution is -2.15. The number of aliphatic hydroxyl groups is 1. The Labute approximate surface area is 91.4 Å². The predicted molar refractivity (Wildman–Crippen MR) is 60.4 cm³/mol. The zero-order valence-electron chi connectivity index (χ0n) is 9.48. The molecular formula is C13H19NO. The summed E-state index contributed by atoms with van der Waals surface area (Å²) in [5.74, 6) is 1.07. The number of pyridine rings is 1. The number of aliphatic hydroxyl groups excluding tert-OH is 1. The number of aryl methyl sites for hydroxylation is 1. The zero-order chi connectivity index (χ0) is 10.8. The predicted octanol–water partition coefficient (Wildman–Crippen LogP) is 2.86. The van der Waals surface area contributed by atoms with Crippen molar-refractivity contribution >= 4 is 0 Å². The Morgan fingerprint density at radius 1 is 1.40 bits per heavy atom. The van der Waals surface area contributed by atoms with Crippen molar-refractivity contribution in [2.24, 2.45) is 11.8 Å². The molecule has 1 aromatic heterocycles. The van der Waals surface area contributed by atoms with Gasteiger partial charge in [0.05, 0.1) is 6.10 Å². The van der Waals surface area contributed by atoms with E-state index in [2.05, 4.69) is 11.9 Å². The van der Waals surface area contributed by atoms with Gasteiger partial charge in [-0.05, 0) is 36.8 Å². The van der Waals surface area contributed by atoms with Crippen LogP contribution in [0, 0.1) is 18.8 Å². The minimum absolute atomic E-state index is 0.324. The minimum Gasteiger partial charge on any atom is -0.388 e. The van der Waals surface area contributed by atoms with Gasteiger partial charge in [0.1, 0.15) is 0 Å². The van der Waals surface area contributed by atoms with E-state index in [0.29, 0.717) is 11.8 Å². The molecule has 0 saturated heterocycles. The highest BCUT2D eigenvalue weighted by molar-refractivity contribution is 5.16. The summed E-state index contributed by atoms with van der Waals surface area (Å²) in [6.45, 7) is 4.21. The summed E-state index contributed by atoms with van der Waals surface area (Å²) in [5.41, 5.74) is 1.98. The highest BCUT2D eigenvalue weighted by atomic mass is 16.3. The summed E-state index contributed by atoms with van der Waals surface area (Å²) in [6.07, 6.45) is 5.14. The zero-order valence-corrected chi connectivity index (χ0v) is 9.48. The molecule has 2 heteroatoms. The Hall–Kier alpha value is -0.890. The third-order valence-electron chi connectivity index (χ3n) is 3.61. The molecule has 0 aliphatic heterocycles. The summed E-state index contributed by atoms with van der Waals surface area (Å²) in [7, 11) is 0. The normalized spacial score (nSPS) is 27.9. The maximum absolute atomic E-state index is 10.2. The fourth-order valence-corrected chi connectivity index (χ4v) is 2.54. The van der Waals surface area contributed by atoms with E-state index in [1.54, 1.807) is 0 Å². The summed E-state index contributed by atoms with van der Waals surface area (Å²) < 4.78 is 0. The molecule has 3 unspecified atom stereocenters. The second-order valence-corrected chi connectivity index (χ2v) is 4.75. The Bertz CT molecular complexity index is 320. The molecule has 82 valence electrons.